The van der Waals surface area contributed by atoms with Gasteiger partial charge in [-0.25, -0.2) is 14.2 Å². The fourth-order valence-corrected chi connectivity index (χ4v) is 2.25. The van der Waals surface area contributed by atoms with Crippen LogP contribution in [0.15, 0.2) is 30.3 Å². The summed E-state index contributed by atoms with van der Waals surface area (Å²) in [6.07, 6.45) is 0.589. The summed E-state index contributed by atoms with van der Waals surface area (Å²) in [5, 5.41) is 12.3. The lowest BCUT2D eigenvalue weighted by Crippen LogP contribution is -2.13. The smallest absolute Gasteiger partial charge is 0.339 e. The number of nitrogens with zero attached hydrogens (tertiary/aromatic N) is 1. The van der Waals surface area contributed by atoms with Crippen molar-refractivity contribution in [2.24, 2.45) is 0 Å². The van der Waals surface area contributed by atoms with Crippen molar-refractivity contribution in [3.05, 3.63) is 58.5 Å². The van der Waals surface area contributed by atoms with Crippen molar-refractivity contribution in [3.63, 3.8) is 0 Å². The van der Waals surface area contributed by atoms with E-state index in [1.807, 2.05) is 13.0 Å². The number of hydrogen-bond donors (Lipinski definition) is 2. The first-order valence-electron chi connectivity index (χ1n) is 6.67. The number of aromatic carboxylic acids is 1. The molecule has 0 spiro atoms. The molecule has 0 amide bonds. The predicted octanol–water partition coefficient (Wildman–Crippen LogP) is 3.19. The van der Waals surface area contributed by atoms with Crippen molar-refractivity contribution in [3.8, 4) is 0 Å². The van der Waals surface area contributed by atoms with E-state index in [1.165, 1.54) is 12.1 Å². The number of rotatable bonds is 5. The number of carboxylic acid groups (broad SMARTS) is 1. The molecule has 5 heteroatoms. The number of anilines is 1. The highest BCUT2D eigenvalue weighted by Gasteiger charge is 2.15. The number of benzene rings is 1. The molecule has 2 N–H and O–H groups in total. The second kappa shape index (κ2) is 6.35. The number of aromatic nitrogens is 1. The minimum atomic E-state index is -1.01. The molecular formula is C16H17FN2O2. The third-order valence-corrected chi connectivity index (χ3v) is 3.15. The van der Waals surface area contributed by atoms with Gasteiger partial charge in [0.2, 0.25) is 0 Å². The first-order chi connectivity index (χ1) is 9.97. The number of halogens is 1. The van der Waals surface area contributed by atoms with E-state index in [9.17, 15) is 14.3 Å². The van der Waals surface area contributed by atoms with E-state index in [0.29, 0.717) is 24.3 Å². The highest BCUT2D eigenvalue weighted by atomic mass is 19.1. The molecule has 0 saturated carbocycles. The van der Waals surface area contributed by atoms with Gasteiger partial charge in [-0.05, 0) is 49.6 Å². The van der Waals surface area contributed by atoms with Gasteiger partial charge in [-0.3, -0.25) is 0 Å². The summed E-state index contributed by atoms with van der Waals surface area (Å²) < 4.78 is 13.1. The van der Waals surface area contributed by atoms with Gasteiger partial charge in [-0.15, -0.1) is 0 Å². The lowest BCUT2D eigenvalue weighted by molar-refractivity contribution is 0.0697. The molecule has 0 fully saturated rings. The van der Waals surface area contributed by atoms with E-state index < -0.39 is 5.97 Å². The average molecular weight is 288 g/mol. The Morgan fingerprint density at radius 3 is 2.76 bits per heavy atom. The lowest BCUT2D eigenvalue weighted by atomic mass is 10.1. The third-order valence-electron chi connectivity index (χ3n) is 3.15. The molecule has 0 radical (unpaired) electrons. The van der Waals surface area contributed by atoms with Crippen LogP contribution in [0, 0.1) is 19.7 Å². The molecule has 0 unspecified atom stereocenters. The van der Waals surface area contributed by atoms with Crippen molar-refractivity contribution in [1.82, 2.24) is 4.98 Å². The molecule has 0 aliphatic carbocycles. The number of carboxylic acids is 1. The Morgan fingerprint density at radius 1 is 1.33 bits per heavy atom. The van der Waals surface area contributed by atoms with Crippen LogP contribution in [-0.2, 0) is 6.42 Å². The topological polar surface area (TPSA) is 62.2 Å². The largest absolute Gasteiger partial charge is 0.478 e. The number of aryl methyl sites for hydroxylation is 2. The summed E-state index contributed by atoms with van der Waals surface area (Å²) in [5.41, 5.74) is 2.46. The Hall–Kier alpha value is -2.43. The van der Waals surface area contributed by atoms with Gasteiger partial charge in [0.25, 0.3) is 0 Å². The molecule has 0 bridgehead atoms. The van der Waals surface area contributed by atoms with Gasteiger partial charge in [-0.2, -0.15) is 0 Å². The van der Waals surface area contributed by atoms with Crippen LogP contribution in [0.3, 0.4) is 0 Å². The van der Waals surface area contributed by atoms with Crippen LogP contribution >= 0.6 is 0 Å². The summed E-state index contributed by atoms with van der Waals surface area (Å²) >= 11 is 0. The Morgan fingerprint density at radius 2 is 2.10 bits per heavy atom. The van der Waals surface area contributed by atoms with Gasteiger partial charge in [0.15, 0.2) is 0 Å². The van der Waals surface area contributed by atoms with Crippen molar-refractivity contribution in [2.45, 2.75) is 20.3 Å². The molecule has 2 rings (SSSR count). The average Bonchev–Trinajstić information content (AvgIpc) is 2.37. The maximum Gasteiger partial charge on any atom is 0.339 e. The maximum atomic E-state index is 13.1. The zero-order valence-corrected chi connectivity index (χ0v) is 12.0. The summed E-state index contributed by atoms with van der Waals surface area (Å²) in [5.74, 6) is -0.923. The molecule has 0 atom stereocenters. The molecule has 4 nitrogen and oxygen atoms in total. The summed E-state index contributed by atoms with van der Waals surface area (Å²) in [6.45, 7) is 4.05. The number of carbonyl (C=O) groups is 1. The fraction of sp³-hybridized carbons (Fsp3) is 0.250. The second-order valence-electron chi connectivity index (χ2n) is 4.92. The van der Waals surface area contributed by atoms with Crippen LogP contribution in [0.4, 0.5) is 10.2 Å². The van der Waals surface area contributed by atoms with Crippen LogP contribution in [-0.4, -0.2) is 22.6 Å². The van der Waals surface area contributed by atoms with E-state index in [2.05, 4.69) is 10.3 Å². The van der Waals surface area contributed by atoms with Crippen LogP contribution in [0.5, 0.6) is 0 Å². The van der Waals surface area contributed by atoms with Gasteiger partial charge in [-0.1, -0.05) is 12.1 Å². The molecule has 21 heavy (non-hydrogen) atoms. The normalized spacial score (nSPS) is 10.4. The molecule has 1 heterocycles. The molecule has 0 aliphatic rings. The first kappa shape index (κ1) is 15.0. The summed E-state index contributed by atoms with van der Waals surface area (Å²) in [4.78, 5) is 15.5. The Bertz CT molecular complexity index is 671. The van der Waals surface area contributed by atoms with Gasteiger partial charge >= 0.3 is 5.97 Å². The van der Waals surface area contributed by atoms with Gasteiger partial charge in [0, 0.05) is 12.2 Å². The Kier molecular flexibility index (Phi) is 4.52. The van der Waals surface area contributed by atoms with Crippen LogP contribution in [0.25, 0.3) is 0 Å². The number of hydrogen-bond acceptors (Lipinski definition) is 3. The third kappa shape index (κ3) is 3.78. The molecule has 0 saturated heterocycles. The molecule has 0 aliphatic heterocycles. The first-order valence-corrected chi connectivity index (χ1v) is 6.67. The van der Waals surface area contributed by atoms with Gasteiger partial charge in [0.1, 0.15) is 17.2 Å². The molecule has 110 valence electrons. The lowest BCUT2D eigenvalue weighted by Gasteiger charge is -2.12. The van der Waals surface area contributed by atoms with Crippen molar-refractivity contribution in [2.75, 3.05) is 11.9 Å². The highest BCUT2D eigenvalue weighted by Crippen LogP contribution is 2.18. The highest BCUT2D eigenvalue weighted by molar-refractivity contribution is 5.94. The zero-order valence-electron chi connectivity index (χ0n) is 12.0. The van der Waals surface area contributed by atoms with E-state index >= 15 is 0 Å². The standard InChI is InChI=1S/C16H17FN2O2/c1-10-8-11(2)19-15(14(10)16(20)21)18-7-6-12-4-3-5-13(17)9-12/h3-5,8-9H,6-7H2,1-2H3,(H,18,19)(H,20,21). The maximum absolute atomic E-state index is 13.1. The summed E-state index contributed by atoms with van der Waals surface area (Å²) in [7, 11) is 0. The van der Waals surface area contributed by atoms with Crippen molar-refractivity contribution in [1.29, 1.82) is 0 Å². The Balaban J connectivity index is 2.11. The SMILES string of the molecule is Cc1cc(C)c(C(=O)O)c(NCCc2cccc(F)c2)n1. The number of pyridine rings is 1. The zero-order chi connectivity index (χ0) is 15.4. The Labute approximate surface area is 122 Å². The van der Waals surface area contributed by atoms with Crippen LogP contribution < -0.4 is 5.32 Å². The molecule has 2 aromatic rings. The summed E-state index contributed by atoms with van der Waals surface area (Å²) in [6, 6.07) is 8.08. The molecular weight excluding hydrogens is 271 g/mol. The van der Waals surface area contributed by atoms with Crippen LogP contribution in [0.2, 0.25) is 0 Å². The van der Waals surface area contributed by atoms with Crippen molar-refractivity contribution >= 4 is 11.8 Å². The van der Waals surface area contributed by atoms with Crippen LogP contribution in [0.1, 0.15) is 27.2 Å². The van der Waals surface area contributed by atoms with E-state index in [1.54, 1.807) is 19.1 Å². The van der Waals surface area contributed by atoms with Gasteiger partial charge < -0.3 is 10.4 Å². The minimum absolute atomic E-state index is 0.180. The second-order valence-corrected chi connectivity index (χ2v) is 4.92. The van der Waals surface area contributed by atoms with Gasteiger partial charge in [0.05, 0.1) is 0 Å². The van der Waals surface area contributed by atoms with E-state index in [-0.39, 0.29) is 11.4 Å². The quantitative estimate of drug-likeness (QED) is 0.887. The predicted molar refractivity (Wildman–Crippen MR) is 79.3 cm³/mol. The minimum Gasteiger partial charge on any atom is -0.478 e. The fourth-order valence-electron chi connectivity index (χ4n) is 2.25. The van der Waals surface area contributed by atoms with E-state index in [4.69, 9.17) is 0 Å². The molecule has 1 aromatic carbocycles. The monoisotopic (exact) mass is 288 g/mol. The van der Waals surface area contributed by atoms with Crippen molar-refractivity contribution < 1.29 is 14.3 Å². The number of nitrogens with one attached hydrogen (secondary N) is 1. The van der Waals surface area contributed by atoms with E-state index in [0.717, 1.165) is 11.3 Å². The molecule has 1 aromatic heterocycles.